The minimum absolute atomic E-state index is 0.0466. The lowest BCUT2D eigenvalue weighted by molar-refractivity contribution is 0.142. The molecule has 0 fully saturated rings. The summed E-state index contributed by atoms with van der Waals surface area (Å²) in [5, 5.41) is -2.86. The third-order valence-electron chi connectivity index (χ3n) is 2.20. The van der Waals surface area contributed by atoms with Crippen LogP contribution in [0.25, 0.3) is 0 Å². The van der Waals surface area contributed by atoms with E-state index in [9.17, 15) is 13.5 Å². The Labute approximate surface area is 114 Å². The lowest BCUT2D eigenvalue weighted by Crippen LogP contribution is -2.25. The number of hydrogen-bond acceptors (Lipinski definition) is 6. The zero-order chi connectivity index (χ0) is 15.2. The van der Waals surface area contributed by atoms with Crippen LogP contribution in [0.4, 0.5) is 4.39 Å². The molecule has 0 aromatic carbocycles. The summed E-state index contributed by atoms with van der Waals surface area (Å²) in [5.74, 6) is 0. The fourth-order valence-corrected chi connectivity index (χ4v) is 5.72. The minimum atomic E-state index is -4.28. The molecule has 0 heterocycles. The number of halogens is 1. The summed E-state index contributed by atoms with van der Waals surface area (Å²) in [6.45, 7) is 6.82. The fraction of sp³-hybridized carbons (Fsp3) is 1.00. The largest absolute Gasteiger partial charge is 0.379 e. The lowest BCUT2D eigenvalue weighted by atomic mass is 10.9. The van der Waals surface area contributed by atoms with E-state index in [1.165, 1.54) is 27.7 Å². The predicted octanol–water partition coefficient (Wildman–Crippen LogP) is 4.16. The van der Waals surface area contributed by atoms with Crippen LogP contribution >= 0.6 is 15.2 Å². The van der Waals surface area contributed by atoms with Gasteiger partial charge in [0.25, 0.3) is 0 Å². The standard InChI is InChI=1S/C10H23FO6P2/c1-6-14-18(12,15-7-2)10(5,11)19(13,16-8-3)17-9-4/h6-9H2,1-5H3. The summed E-state index contributed by atoms with van der Waals surface area (Å²) in [5.41, 5.74) is 0. The van der Waals surface area contributed by atoms with Crippen molar-refractivity contribution in [2.45, 2.75) is 39.8 Å². The van der Waals surface area contributed by atoms with Gasteiger partial charge in [-0.2, -0.15) is 0 Å². The van der Waals surface area contributed by atoms with Gasteiger partial charge in [-0.3, -0.25) is 9.13 Å². The van der Waals surface area contributed by atoms with Gasteiger partial charge in [-0.25, -0.2) is 4.39 Å². The van der Waals surface area contributed by atoms with Gasteiger partial charge in [0.05, 0.1) is 26.4 Å². The Morgan fingerprint density at radius 1 is 0.789 bits per heavy atom. The molecule has 0 radical (unpaired) electrons. The zero-order valence-electron chi connectivity index (χ0n) is 12.1. The van der Waals surface area contributed by atoms with E-state index in [1.54, 1.807) is 0 Å². The molecule has 0 spiro atoms. The topological polar surface area (TPSA) is 71.1 Å². The molecule has 19 heavy (non-hydrogen) atoms. The van der Waals surface area contributed by atoms with E-state index in [2.05, 4.69) is 0 Å². The Balaban J connectivity index is 5.59. The lowest BCUT2D eigenvalue weighted by Gasteiger charge is -2.33. The molecule has 0 aliphatic rings. The third-order valence-corrected chi connectivity index (χ3v) is 8.06. The van der Waals surface area contributed by atoms with Crippen LogP contribution in [0.2, 0.25) is 0 Å². The van der Waals surface area contributed by atoms with E-state index >= 15 is 0 Å². The van der Waals surface area contributed by atoms with Gasteiger partial charge in [-0.15, -0.1) is 0 Å². The molecule has 116 valence electrons. The molecular formula is C10H23FO6P2. The number of hydrogen-bond donors (Lipinski definition) is 0. The first-order valence-electron chi connectivity index (χ1n) is 6.21. The summed E-state index contributed by atoms with van der Waals surface area (Å²) in [7, 11) is -8.57. The summed E-state index contributed by atoms with van der Waals surface area (Å²) in [6, 6.07) is 0. The SMILES string of the molecule is CCOP(=O)(OCC)C(C)(F)P(=O)(OCC)OCC. The molecule has 6 nitrogen and oxygen atoms in total. The second-order valence-corrected chi connectivity index (χ2v) is 8.63. The first-order chi connectivity index (χ1) is 8.74. The molecule has 9 heteroatoms. The molecule has 0 aromatic rings. The highest BCUT2D eigenvalue weighted by atomic mass is 31.2. The van der Waals surface area contributed by atoms with Crippen LogP contribution in [0.5, 0.6) is 0 Å². The number of alkyl halides is 1. The van der Waals surface area contributed by atoms with Crippen LogP contribution in [0.1, 0.15) is 34.6 Å². The van der Waals surface area contributed by atoms with Crippen molar-refractivity contribution in [2.24, 2.45) is 0 Å². The van der Waals surface area contributed by atoms with Crippen molar-refractivity contribution in [3.8, 4) is 0 Å². The van der Waals surface area contributed by atoms with E-state index in [4.69, 9.17) is 18.1 Å². The highest BCUT2D eigenvalue weighted by Gasteiger charge is 2.63. The summed E-state index contributed by atoms with van der Waals surface area (Å²) in [4.78, 5) is 0. The number of rotatable bonds is 10. The normalized spacial score (nSPS) is 13.8. The second-order valence-electron chi connectivity index (χ2n) is 3.57. The first kappa shape index (κ1) is 19.2. The van der Waals surface area contributed by atoms with Crippen LogP contribution in [-0.4, -0.2) is 31.6 Å². The van der Waals surface area contributed by atoms with Crippen molar-refractivity contribution in [1.82, 2.24) is 0 Å². The van der Waals surface area contributed by atoms with Crippen molar-refractivity contribution in [1.29, 1.82) is 0 Å². The van der Waals surface area contributed by atoms with Crippen molar-refractivity contribution < 1.29 is 31.6 Å². The summed E-state index contributed by atoms with van der Waals surface area (Å²) >= 11 is 0. The summed E-state index contributed by atoms with van der Waals surface area (Å²) in [6.07, 6.45) is 0. The van der Waals surface area contributed by atoms with Gasteiger partial charge in [0, 0.05) is 0 Å². The Morgan fingerprint density at radius 2 is 1.00 bits per heavy atom. The Kier molecular flexibility index (Phi) is 7.96. The van der Waals surface area contributed by atoms with E-state index in [-0.39, 0.29) is 26.4 Å². The molecule has 0 atom stereocenters. The zero-order valence-corrected chi connectivity index (χ0v) is 13.8. The second kappa shape index (κ2) is 7.87. The van der Waals surface area contributed by atoms with Crippen molar-refractivity contribution in [3.63, 3.8) is 0 Å². The maximum absolute atomic E-state index is 14.9. The molecule has 0 saturated heterocycles. The smallest absolute Gasteiger partial charge is 0.306 e. The van der Waals surface area contributed by atoms with Gasteiger partial charge in [-0.05, 0) is 34.6 Å². The third kappa shape index (κ3) is 4.10. The molecule has 0 unspecified atom stereocenters. The minimum Gasteiger partial charge on any atom is -0.306 e. The molecule has 0 bridgehead atoms. The van der Waals surface area contributed by atoms with E-state index in [1.807, 2.05) is 0 Å². The predicted molar refractivity (Wildman–Crippen MR) is 71.2 cm³/mol. The Hall–Kier alpha value is 0.230. The Morgan fingerprint density at radius 3 is 1.16 bits per heavy atom. The first-order valence-corrected chi connectivity index (χ1v) is 9.30. The molecular weight excluding hydrogens is 297 g/mol. The van der Waals surface area contributed by atoms with Crippen LogP contribution in [-0.2, 0) is 27.2 Å². The van der Waals surface area contributed by atoms with Crippen LogP contribution < -0.4 is 0 Å². The van der Waals surface area contributed by atoms with E-state index in [0.29, 0.717) is 0 Å². The quantitative estimate of drug-likeness (QED) is 0.563. The van der Waals surface area contributed by atoms with Crippen molar-refractivity contribution in [2.75, 3.05) is 26.4 Å². The van der Waals surface area contributed by atoms with Gasteiger partial charge in [-0.1, -0.05) is 0 Å². The average molecular weight is 320 g/mol. The van der Waals surface area contributed by atoms with Gasteiger partial charge >= 0.3 is 20.3 Å². The summed E-state index contributed by atoms with van der Waals surface area (Å²) < 4.78 is 59.5. The molecule has 0 aliphatic heterocycles. The van der Waals surface area contributed by atoms with Crippen LogP contribution in [0, 0.1) is 0 Å². The molecule has 0 saturated carbocycles. The monoisotopic (exact) mass is 320 g/mol. The molecule has 0 rings (SSSR count). The fourth-order valence-electron chi connectivity index (χ4n) is 1.38. The maximum atomic E-state index is 14.9. The highest BCUT2D eigenvalue weighted by molar-refractivity contribution is 7.73. The Bertz CT molecular complexity index is 308. The molecule has 0 N–H and O–H groups in total. The van der Waals surface area contributed by atoms with Gasteiger partial charge in [0.15, 0.2) is 0 Å². The van der Waals surface area contributed by atoms with Crippen molar-refractivity contribution >= 4 is 15.2 Å². The van der Waals surface area contributed by atoms with Gasteiger partial charge in [0.2, 0.25) is 0 Å². The van der Waals surface area contributed by atoms with Gasteiger partial charge in [0.1, 0.15) is 0 Å². The van der Waals surface area contributed by atoms with E-state index < -0.39 is 20.3 Å². The molecule has 0 aromatic heterocycles. The average Bonchev–Trinajstić information content (AvgIpc) is 2.29. The van der Waals surface area contributed by atoms with E-state index in [0.717, 1.165) is 6.92 Å². The molecule has 0 amide bonds. The van der Waals surface area contributed by atoms with Crippen LogP contribution in [0.3, 0.4) is 0 Å². The van der Waals surface area contributed by atoms with Crippen LogP contribution in [0.15, 0.2) is 0 Å². The maximum Gasteiger partial charge on any atom is 0.379 e. The van der Waals surface area contributed by atoms with Crippen molar-refractivity contribution in [3.05, 3.63) is 0 Å². The van der Waals surface area contributed by atoms with Gasteiger partial charge < -0.3 is 18.1 Å². The highest BCUT2D eigenvalue weighted by Crippen LogP contribution is 2.78. The molecule has 0 aliphatic carbocycles.